The second-order valence-corrected chi connectivity index (χ2v) is 5.36. The summed E-state index contributed by atoms with van der Waals surface area (Å²) in [6.07, 6.45) is 7.99. The number of hydrogen-bond donors (Lipinski definition) is 1. The Bertz CT molecular complexity index is 170. The zero-order valence-corrected chi connectivity index (χ0v) is 11.7. The maximum atomic E-state index is 5.52. The third kappa shape index (κ3) is 7.74. The summed E-state index contributed by atoms with van der Waals surface area (Å²) in [5.74, 6) is 0.776. The fourth-order valence-electron chi connectivity index (χ4n) is 2.52. The van der Waals surface area contributed by atoms with Crippen LogP contribution >= 0.6 is 0 Å². The molecule has 1 fully saturated rings. The molecule has 102 valence electrons. The Balaban J connectivity index is 1.91. The summed E-state index contributed by atoms with van der Waals surface area (Å²) in [7, 11) is 4.28. The van der Waals surface area contributed by atoms with Crippen molar-refractivity contribution in [1.29, 1.82) is 0 Å². The minimum atomic E-state index is 0.776. The lowest BCUT2D eigenvalue weighted by Crippen LogP contribution is -2.31. The maximum absolute atomic E-state index is 5.52. The summed E-state index contributed by atoms with van der Waals surface area (Å²) in [4.78, 5) is 2.48. The molecule has 0 spiro atoms. The highest BCUT2D eigenvalue weighted by molar-refractivity contribution is 4.67. The van der Waals surface area contributed by atoms with E-state index in [1.54, 1.807) is 0 Å². The SMILES string of the molecule is CNCCCCCCN(C)CC1CCCOC1. The van der Waals surface area contributed by atoms with Crippen LogP contribution in [0.5, 0.6) is 0 Å². The first-order valence-electron chi connectivity index (χ1n) is 7.24. The monoisotopic (exact) mass is 242 g/mol. The van der Waals surface area contributed by atoms with E-state index in [0.717, 1.165) is 25.7 Å². The van der Waals surface area contributed by atoms with Crippen LogP contribution in [-0.4, -0.2) is 51.8 Å². The Morgan fingerprint density at radius 2 is 2.06 bits per heavy atom. The fourth-order valence-corrected chi connectivity index (χ4v) is 2.52. The third-order valence-electron chi connectivity index (χ3n) is 3.54. The molecule has 3 nitrogen and oxygen atoms in total. The van der Waals surface area contributed by atoms with Crippen molar-refractivity contribution in [2.24, 2.45) is 5.92 Å². The van der Waals surface area contributed by atoms with Gasteiger partial charge >= 0.3 is 0 Å². The van der Waals surface area contributed by atoms with Gasteiger partial charge < -0.3 is 15.0 Å². The summed E-state index contributed by atoms with van der Waals surface area (Å²) in [5.41, 5.74) is 0. The lowest BCUT2D eigenvalue weighted by molar-refractivity contribution is 0.0419. The van der Waals surface area contributed by atoms with Gasteiger partial charge in [0.15, 0.2) is 0 Å². The first-order valence-corrected chi connectivity index (χ1v) is 7.24. The van der Waals surface area contributed by atoms with Gasteiger partial charge in [0.1, 0.15) is 0 Å². The van der Waals surface area contributed by atoms with Gasteiger partial charge in [-0.25, -0.2) is 0 Å². The molecule has 0 bridgehead atoms. The van der Waals surface area contributed by atoms with E-state index in [4.69, 9.17) is 4.74 Å². The predicted molar refractivity (Wildman–Crippen MR) is 73.4 cm³/mol. The molecule has 3 heteroatoms. The average Bonchev–Trinajstić information content (AvgIpc) is 2.35. The number of ether oxygens (including phenoxy) is 1. The minimum Gasteiger partial charge on any atom is -0.381 e. The molecule has 1 saturated heterocycles. The molecule has 0 radical (unpaired) electrons. The van der Waals surface area contributed by atoms with Crippen molar-refractivity contribution in [3.63, 3.8) is 0 Å². The standard InChI is InChI=1S/C14H30N2O/c1-15-9-5-3-4-6-10-16(2)12-14-8-7-11-17-13-14/h14-15H,3-13H2,1-2H3. The molecule has 0 aliphatic carbocycles. The molecule has 0 aromatic heterocycles. The lowest BCUT2D eigenvalue weighted by atomic mass is 10.0. The van der Waals surface area contributed by atoms with Crippen molar-refractivity contribution in [1.82, 2.24) is 10.2 Å². The van der Waals surface area contributed by atoms with Crippen LogP contribution in [-0.2, 0) is 4.74 Å². The largest absolute Gasteiger partial charge is 0.381 e. The second kappa shape index (κ2) is 9.86. The molecule has 1 aliphatic rings. The van der Waals surface area contributed by atoms with Crippen LogP contribution in [0.25, 0.3) is 0 Å². The summed E-state index contributed by atoms with van der Waals surface area (Å²) < 4.78 is 5.52. The molecule has 0 saturated carbocycles. The number of nitrogens with one attached hydrogen (secondary N) is 1. The molecule has 1 aliphatic heterocycles. The van der Waals surface area contributed by atoms with E-state index in [1.165, 1.54) is 51.6 Å². The first-order chi connectivity index (χ1) is 8.33. The van der Waals surface area contributed by atoms with Crippen molar-refractivity contribution in [3.8, 4) is 0 Å². The van der Waals surface area contributed by atoms with Gasteiger partial charge in [0.05, 0.1) is 6.61 Å². The summed E-state index contributed by atoms with van der Waals surface area (Å²) in [6, 6.07) is 0. The van der Waals surface area contributed by atoms with Crippen molar-refractivity contribution >= 4 is 0 Å². The number of nitrogens with zero attached hydrogens (tertiary/aromatic N) is 1. The van der Waals surface area contributed by atoms with Crippen molar-refractivity contribution in [2.75, 3.05) is 46.9 Å². The van der Waals surface area contributed by atoms with Gasteiger partial charge in [-0.3, -0.25) is 0 Å². The Morgan fingerprint density at radius 3 is 2.76 bits per heavy atom. The van der Waals surface area contributed by atoms with E-state index < -0.39 is 0 Å². The van der Waals surface area contributed by atoms with E-state index in [1.807, 2.05) is 7.05 Å². The molecule has 1 N–H and O–H groups in total. The molecule has 0 amide bonds. The van der Waals surface area contributed by atoms with Gasteiger partial charge in [-0.2, -0.15) is 0 Å². The highest BCUT2D eigenvalue weighted by atomic mass is 16.5. The molecular formula is C14H30N2O. The molecule has 0 aromatic carbocycles. The van der Waals surface area contributed by atoms with Crippen molar-refractivity contribution < 1.29 is 4.74 Å². The first kappa shape index (κ1) is 14.9. The van der Waals surface area contributed by atoms with Crippen molar-refractivity contribution in [3.05, 3.63) is 0 Å². The van der Waals surface area contributed by atoms with E-state index in [-0.39, 0.29) is 0 Å². The van der Waals surface area contributed by atoms with Gasteiger partial charge in [-0.1, -0.05) is 12.8 Å². The Kier molecular flexibility index (Phi) is 8.67. The van der Waals surface area contributed by atoms with Crippen molar-refractivity contribution in [2.45, 2.75) is 38.5 Å². The van der Waals surface area contributed by atoms with E-state index in [9.17, 15) is 0 Å². The highest BCUT2D eigenvalue weighted by Gasteiger charge is 2.15. The van der Waals surface area contributed by atoms with Crippen LogP contribution in [0.3, 0.4) is 0 Å². The van der Waals surface area contributed by atoms with Gasteiger partial charge in [0, 0.05) is 13.2 Å². The van der Waals surface area contributed by atoms with Crippen LogP contribution in [0.15, 0.2) is 0 Å². The number of hydrogen-bond acceptors (Lipinski definition) is 3. The highest BCUT2D eigenvalue weighted by Crippen LogP contribution is 2.14. The summed E-state index contributed by atoms with van der Waals surface area (Å²) in [5, 5.41) is 3.20. The Hall–Kier alpha value is -0.120. The molecule has 1 atom stereocenters. The predicted octanol–water partition coefficient (Wildman–Crippen LogP) is 2.12. The topological polar surface area (TPSA) is 24.5 Å². The Labute approximate surface area is 107 Å². The van der Waals surface area contributed by atoms with E-state index in [2.05, 4.69) is 17.3 Å². The quantitative estimate of drug-likeness (QED) is 0.627. The van der Waals surface area contributed by atoms with Gasteiger partial charge in [-0.15, -0.1) is 0 Å². The number of unbranched alkanes of at least 4 members (excludes halogenated alkanes) is 3. The van der Waals surface area contributed by atoms with Crippen LogP contribution in [0, 0.1) is 5.92 Å². The van der Waals surface area contributed by atoms with Gasteiger partial charge in [0.25, 0.3) is 0 Å². The van der Waals surface area contributed by atoms with Crippen LogP contribution < -0.4 is 5.32 Å². The normalized spacial score (nSPS) is 21.0. The van der Waals surface area contributed by atoms with Gasteiger partial charge in [0.2, 0.25) is 0 Å². The zero-order valence-electron chi connectivity index (χ0n) is 11.7. The van der Waals surface area contributed by atoms with Crippen LogP contribution in [0.1, 0.15) is 38.5 Å². The van der Waals surface area contributed by atoms with Gasteiger partial charge in [-0.05, 0) is 58.8 Å². The molecule has 0 aromatic rings. The third-order valence-corrected chi connectivity index (χ3v) is 3.54. The Morgan fingerprint density at radius 1 is 1.24 bits per heavy atom. The minimum absolute atomic E-state index is 0.776. The molecule has 1 rings (SSSR count). The maximum Gasteiger partial charge on any atom is 0.0506 e. The zero-order chi connectivity index (χ0) is 12.3. The summed E-state index contributed by atoms with van der Waals surface area (Å²) in [6.45, 7) is 5.58. The molecule has 17 heavy (non-hydrogen) atoms. The van der Waals surface area contributed by atoms with E-state index in [0.29, 0.717) is 0 Å². The lowest BCUT2D eigenvalue weighted by Gasteiger charge is -2.27. The molecular weight excluding hydrogens is 212 g/mol. The van der Waals surface area contributed by atoms with Crippen LogP contribution in [0.2, 0.25) is 0 Å². The summed E-state index contributed by atoms with van der Waals surface area (Å²) >= 11 is 0. The van der Waals surface area contributed by atoms with Crippen LogP contribution in [0.4, 0.5) is 0 Å². The van der Waals surface area contributed by atoms with E-state index >= 15 is 0 Å². The average molecular weight is 242 g/mol. The molecule has 1 heterocycles. The number of rotatable bonds is 9. The second-order valence-electron chi connectivity index (χ2n) is 5.36. The fraction of sp³-hybridized carbons (Fsp3) is 1.00. The molecule has 1 unspecified atom stereocenters. The smallest absolute Gasteiger partial charge is 0.0506 e.